The predicted molar refractivity (Wildman–Crippen MR) is 85.6 cm³/mol. The van der Waals surface area contributed by atoms with Gasteiger partial charge in [0.15, 0.2) is 0 Å². The van der Waals surface area contributed by atoms with Gasteiger partial charge in [-0.2, -0.15) is 0 Å². The van der Waals surface area contributed by atoms with Crippen LogP contribution >= 0.6 is 46.4 Å². The molecule has 0 aliphatic carbocycles. The van der Waals surface area contributed by atoms with Crippen LogP contribution in [0.1, 0.15) is 22.3 Å². The summed E-state index contributed by atoms with van der Waals surface area (Å²) in [6.07, 6.45) is 0. The topological polar surface area (TPSA) is 0 Å². The van der Waals surface area contributed by atoms with Gasteiger partial charge < -0.3 is 0 Å². The summed E-state index contributed by atoms with van der Waals surface area (Å²) in [6, 6.07) is 7.37. The van der Waals surface area contributed by atoms with Crippen LogP contribution in [0.15, 0.2) is 24.3 Å². The van der Waals surface area contributed by atoms with Crippen molar-refractivity contribution >= 4 is 49.6 Å². The maximum absolute atomic E-state index is 6.21. The van der Waals surface area contributed by atoms with E-state index in [4.69, 9.17) is 46.4 Å². The van der Waals surface area contributed by atoms with Crippen molar-refractivity contribution in [3.63, 3.8) is 0 Å². The molecule has 0 fully saturated rings. The van der Waals surface area contributed by atoms with E-state index in [1.165, 1.54) is 24.2 Å². The Balaban J connectivity index is 2.64. The van der Waals surface area contributed by atoms with E-state index in [9.17, 15) is 0 Å². The molecule has 0 aromatic heterocycles. The van der Waals surface area contributed by atoms with Gasteiger partial charge in [-0.25, -0.2) is 0 Å². The van der Waals surface area contributed by atoms with E-state index in [1.807, 2.05) is 26.0 Å². The minimum absolute atomic E-state index is 0.626. The van der Waals surface area contributed by atoms with Gasteiger partial charge in [-0.1, -0.05) is 0 Å². The predicted octanol–water partition coefficient (Wildman–Crippen LogP) is 6.03. The Morgan fingerprint density at radius 3 is 1.45 bits per heavy atom. The molecule has 0 aliphatic heterocycles. The Morgan fingerprint density at radius 2 is 1.10 bits per heavy atom. The SMILES string of the molecule is Cc1c(Cl)cc(Cl)cc1[C](=[Zr+2])c1cc(Cl)cc(Cl)c1C. The first kappa shape index (κ1) is 16.7. The van der Waals surface area contributed by atoms with Gasteiger partial charge in [0.05, 0.1) is 0 Å². The van der Waals surface area contributed by atoms with Gasteiger partial charge in [0.1, 0.15) is 0 Å². The Labute approximate surface area is 153 Å². The number of halogens is 4. The molecule has 0 heterocycles. The van der Waals surface area contributed by atoms with Crippen LogP contribution in [0.5, 0.6) is 0 Å². The quantitative estimate of drug-likeness (QED) is 0.553. The number of hydrogen-bond acceptors (Lipinski definition) is 0. The van der Waals surface area contributed by atoms with Gasteiger partial charge in [-0.05, 0) is 0 Å². The second-order valence-corrected chi connectivity index (χ2v) is 7.41. The fourth-order valence-electron chi connectivity index (χ4n) is 1.96. The Hall–Kier alpha value is 0.353. The molecule has 0 radical (unpaired) electrons. The van der Waals surface area contributed by atoms with Crippen LogP contribution in [-0.4, -0.2) is 3.21 Å². The molecule has 0 unspecified atom stereocenters. The van der Waals surface area contributed by atoms with E-state index in [1.54, 1.807) is 12.1 Å². The van der Waals surface area contributed by atoms with Crippen LogP contribution in [0.3, 0.4) is 0 Å². The zero-order valence-electron chi connectivity index (χ0n) is 10.8. The van der Waals surface area contributed by atoms with Gasteiger partial charge >= 0.3 is 154 Å². The summed E-state index contributed by atoms with van der Waals surface area (Å²) in [5, 5.41) is 2.58. The van der Waals surface area contributed by atoms with E-state index < -0.39 is 0 Å². The first-order valence-corrected chi connectivity index (χ1v) is 8.56. The van der Waals surface area contributed by atoms with Crippen molar-refractivity contribution in [2.75, 3.05) is 0 Å². The van der Waals surface area contributed by atoms with Crippen LogP contribution in [0.2, 0.25) is 20.1 Å². The Bertz CT molecular complexity index is 648. The summed E-state index contributed by atoms with van der Waals surface area (Å²) in [5.74, 6) is 0. The van der Waals surface area contributed by atoms with E-state index in [2.05, 4.69) is 0 Å². The fraction of sp³-hybridized carbons (Fsp3) is 0.133. The monoisotopic (exact) mass is 420 g/mol. The summed E-state index contributed by atoms with van der Waals surface area (Å²) < 4.78 is 1.14. The van der Waals surface area contributed by atoms with Crippen LogP contribution in [0.25, 0.3) is 0 Å². The second-order valence-electron chi connectivity index (χ2n) is 4.50. The molecule has 0 atom stereocenters. The molecular formula is C15H10Cl4Zr+2. The molecular weight excluding hydrogens is 413 g/mol. The standard InChI is InChI=1S/C15H10Cl4.Zr/c1-8-10(4-12(16)6-14(8)18)3-11-5-13(17)7-15(19)9(11)2;/h4-7H,1-2H3;/q;+2. The third-order valence-corrected chi connectivity index (χ3v) is 5.70. The molecule has 0 spiro atoms. The summed E-state index contributed by atoms with van der Waals surface area (Å²) in [5.41, 5.74) is 4.11. The van der Waals surface area contributed by atoms with Gasteiger partial charge in [-0.15, -0.1) is 0 Å². The van der Waals surface area contributed by atoms with Gasteiger partial charge in [0.25, 0.3) is 0 Å². The van der Waals surface area contributed by atoms with Gasteiger partial charge in [0, 0.05) is 0 Å². The normalized spacial score (nSPS) is 10.8. The number of hydrogen-bond donors (Lipinski definition) is 0. The molecule has 2 aromatic carbocycles. The molecule has 0 saturated heterocycles. The molecule has 20 heavy (non-hydrogen) atoms. The van der Waals surface area contributed by atoms with Crippen molar-refractivity contribution in [1.82, 2.24) is 0 Å². The molecule has 2 rings (SSSR count). The summed E-state index contributed by atoms with van der Waals surface area (Å²) >= 11 is 25.9. The number of rotatable bonds is 2. The second kappa shape index (κ2) is 6.63. The average molecular weight is 423 g/mol. The average Bonchev–Trinajstić information content (AvgIpc) is 2.37. The van der Waals surface area contributed by atoms with E-state index in [0.29, 0.717) is 20.1 Å². The van der Waals surface area contributed by atoms with Gasteiger partial charge in [-0.3, -0.25) is 0 Å². The number of benzene rings is 2. The van der Waals surface area contributed by atoms with E-state index >= 15 is 0 Å². The van der Waals surface area contributed by atoms with Crippen LogP contribution in [0, 0.1) is 13.8 Å². The molecule has 0 bridgehead atoms. The molecule has 2 aromatic rings. The van der Waals surface area contributed by atoms with Crippen molar-refractivity contribution in [3.8, 4) is 0 Å². The molecule has 0 aliphatic rings. The van der Waals surface area contributed by atoms with Crippen molar-refractivity contribution in [2.24, 2.45) is 0 Å². The van der Waals surface area contributed by atoms with Gasteiger partial charge in [0.2, 0.25) is 0 Å². The first-order chi connectivity index (χ1) is 9.31. The van der Waals surface area contributed by atoms with Crippen LogP contribution < -0.4 is 0 Å². The third kappa shape index (κ3) is 3.39. The zero-order chi connectivity index (χ0) is 15.0. The molecule has 0 saturated carbocycles. The van der Waals surface area contributed by atoms with Crippen molar-refractivity contribution in [2.45, 2.75) is 13.8 Å². The van der Waals surface area contributed by atoms with Crippen molar-refractivity contribution in [3.05, 3.63) is 66.6 Å². The third-order valence-electron chi connectivity index (χ3n) is 3.16. The summed E-state index contributed by atoms with van der Waals surface area (Å²) in [6.45, 7) is 3.97. The Kier molecular flexibility index (Phi) is 5.54. The zero-order valence-corrected chi connectivity index (χ0v) is 16.3. The van der Waals surface area contributed by atoms with Crippen molar-refractivity contribution < 1.29 is 24.2 Å². The summed E-state index contributed by atoms with van der Waals surface area (Å²) in [7, 11) is 0. The van der Waals surface area contributed by atoms with E-state index in [-0.39, 0.29) is 0 Å². The maximum atomic E-state index is 6.21. The molecule has 0 amide bonds. The molecule has 0 N–H and O–H groups in total. The first-order valence-electron chi connectivity index (χ1n) is 5.82. The molecule has 100 valence electrons. The molecule has 0 nitrogen and oxygen atoms in total. The summed E-state index contributed by atoms with van der Waals surface area (Å²) in [4.78, 5) is 0. The molecule has 5 heteroatoms. The van der Waals surface area contributed by atoms with Crippen molar-refractivity contribution in [1.29, 1.82) is 0 Å². The van der Waals surface area contributed by atoms with Crippen LogP contribution in [0.4, 0.5) is 0 Å². The fourth-order valence-corrected chi connectivity index (χ4v) is 4.22. The van der Waals surface area contributed by atoms with E-state index in [0.717, 1.165) is 25.5 Å². The Morgan fingerprint density at radius 1 is 0.750 bits per heavy atom. The minimum atomic E-state index is 0.626. The van der Waals surface area contributed by atoms with Crippen LogP contribution in [-0.2, 0) is 24.2 Å².